The molecule has 1 aliphatic heterocycles. The van der Waals surface area contributed by atoms with Crippen LogP contribution in [-0.4, -0.2) is 41.2 Å². The quantitative estimate of drug-likeness (QED) is 0.175. The van der Waals surface area contributed by atoms with Crippen molar-refractivity contribution >= 4 is 34.7 Å². The maximum absolute atomic E-state index is 13.5. The number of carbonyl (C=O) groups is 4. The van der Waals surface area contributed by atoms with Gasteiger partial charge in [0.25, 0.3) is 17.7 Å². The van der Waals surface area contributed by atoms with Gasteiger partial charge in [-0.2, -0.15) is 0 Å². The normalized spacial score (nSPS) is 13.3. The molecule has 1 unspecified atom stereocenters. The number of ether oxygens (including phenoxy) is 1. The minimum absolute atomic E-state index is 0.0453. The van der Waals surface area contributed by atoms with Crippen molar-refractivity contribution in [2.24, 2.45) is 0 Å². The fraction of sp³-hybridized carbons (Fsp3) is 0.138. The van der Waals surface area contributed by atoms with E-state index in [1.807, 2.05) is 6.07 Å². The molecule has 0 aliphatic carbocycles. The zero-order chi connectivity index (χ0) is 26.8. The Morgan fingerprint density at radius 1 is 0.895 bits per heavy atom. The van der Waals surface area contributed by atoms with E-state index in [9.17, 15) is 24.0 Å². The Morgan fingerprint density at radius 2 is 1.55 bits per heavy atom. The van der Waals surface area contributed by atoms with Gasteiger partial charge in [-0.05, 0) is 42.8 Å². The zero-order valence-corrected chi connectivity index (χ0v) is 20.3. The van der Waals surface area contributed by atoms with E-state index in [1.165, 1.54) is 24.3 Å². The van der Waals surface area contributed by atoms with Crippen LogP contribution in [0.1, 0.15) is 43.6 Å². The Balaban J connectivity index is 1.46. The molecule has 0 bridgehead atoms. The van der Waals surface area contributed by atoms with Crippen molar-refractivity contribution in [3.8, 4) is 5.75 Å². The van der Waals surface area contributed by atoms with Crippen LogP contribution in [0.2, 0.25) is 0 Å². The first-order valence-electron chi connectivity index (χ1n) is 12.0. The van der Waals surface area contributed by atoms with Crippen molar-refractivity contribution in [2.45, 2.75) is 19.4 Å². The number of carbonyl (C=O) groups excluding carboxylic acids is 4. The zero-order valence-electron chi connectivity index (χ0n) is 20.3. The summed E-state index contributed by atoms with van der Waals surface area (Å²) in [6, 6.07) is 19.9. The molecule has 1 aromatic heterocycles. The van der Waals surface area contributed by atoms with Gasteiger partial charge in [-0.15, -0.1) is 0 Å². The summed E-state index contributed by atoms with van der Waals surface area (Å²) < 4.78 is 10.9. The third kappa shape index (κ3) is 4.57. The molecule has 38 heavy (non-hydrogen) atoms. The molecular weight excluding hydrogens is 488 g/mol. The fourth-order valence-corrected chi connectivity index (χ4v) is 4.36. The lowest BCUT2D eigenvalue weighted by Gasteiger charge is -2.24. The van der Waals surface area contributed by atoms with Crippen LogP contribution in [-0.2, 0) is 11.2 Å². The fourth-order valence-electron chi connectivity index (χ4n) is 4.36. The molecule has 1 atom stereocenters. The number of nitrogens with one attached hydrogen (secondary N) is 1. The molecule has 9 nitrogen and oxygen atoms in total. The van der Waals surface area contributed by atoms with E-state index in [0.29, 0.717) is 11.9 Å². The van der Waals surface area contributed by atoms with Crippen LogP contribution >= 0.6 is 0 Å². The van der Waals surface area contributed by atoms with Crippen molar-refractivity contribution < 1.29 is 28.3 Å². The highest BCUT2D eigenvalue weighted by atomic mass is 16.5. The second kappa shape index (κ2) is 10.1. The van der Waals surface area contributed by atoms with E-state index in [4.69, 9.17) is 9.15 Å². The van der Waals surface area contributed by atoms with Gasteiger partial charge in [0.15, 0.2) is 0 Å². The maximum atomic E-state index is 13.5. The third-order valence-electron chi connectivity index (χ3n) is 6.19. The van der Waals surface area contributed by atoms with Crippen LogP contribution in [0.15, 0.2) is 88.1 Å². The average molecular weight is 511 g/mol. The summed E-state index contributed by atoms with van der Waals surface area (Å²) in [5.74, 6) is -2.49. The second-order valence-corrected chi connectivity index (χ2v) is 8.66. The Labute approximate surface area is 216 Å². The second-order valence-electron chi connectivity index (χ2n) is 8.66. The van der Waals surface area contributed by atoms with Crippen LogP contribution in [0.4, 0.5) is 0 Å². The number of rotatable bonds is 7. The van der Waals surface area contributed by atoms with Gasteiger partial charge in [-0.3, -0.25) is 19.3 Å². The number of benzene rings is 3. The number of nitrogens with zero attached hydrogens (tertiary/aromatic N) is 1. The van der Waals surface area contributed by atoms with E-state index in [-0.39, 0.29) is 34.4 Å². The Hall–Kier alpha value is -5.05. The number of hydrogen-bond acceptors (Lipinski definition) is 7. The lowest BCUT2D eigenvalue weighted by atomic mass is 10.0. The van der Waals surface area contributed by atoms with Gasteiger partial charge >= 0.3 is 11.6 Å². The SMILES string of the molecule is CCNC(=O)c1cc2ccc(OC(=O)C(Cc3ccccc3)N3C(=O)c4ccccc4C3=O)cc2oc1=O. The van der Waals surface area contributed by atoms with Crippen molar-refractivity contribution in [2.75, 3.05) is 6.54 Å². The van der Waals surface area contributed by atoms with E-state index in [2.05, 4.69) is 5.32 Å². The van der Waals surface area contributed by atoms with Gasteiger partial charge < -0.3 is 14.5 Å². The van der Waals surface area contributed by atoms with Gasteiger partial charge in [0.1, 0.15) is 22.9 Å². The van der Waals surface area contributed by atoms with Gasteiger partial charge in [0, 0.05) is 24.4 Å². The Bertz CT molecular complexity index is 1610. The summed E-state index contributed by atoms with van der Waals surface area (Å²) in [6.45, 7) is 2.08. The summed E-state index contributed by atoms with van der Waals surface area (Å²) in [7, 11) is 0. The minimum atomic E-state index is -1.24. The topological polar surface area (TPSA) is 123 Å². The molecule has 0 saturated heterocycles. The molecule has 5 rings (SSSR count). The molecule has 190 valence electrons. The number of imide groups is 1. The summed E-state index contributed by atoms with van der Waals surface area (Å²) in [5.41, 5.74) is 0.303. The third-order valence-corrected chi connectivity index (χ3v) is 6.19. The molecule has 0 radical (unpaired) electrons. The number of amides is 3. The molecule has 2 heterocycles. The average Bonchev–Trinajstić information content (AvgIpc) is 3.17. The van der Waals surface area contributed by atoms with Crippen LogP contribution in [0, 0.1) is 0 Å². The summed E-state index contributed by atoms with van der Waals surface area (Å²) in [4.78, 5) is 65.1. The first kappa shape index (κ1) is 24.6. The van der Waals surface area contributed by atoms with E-state index < -0.39 is 35.4 Å². The highest BCUT2D eigenvalue weighted by Gasteiger charge is 2.43. The lowest BCUT2D eigenvalue weighted by Crippen LogP contribution is -2.48. The Morgan fingerprint density at radius 3 is 2.21 bits per heavy atom. The summed E-state index contributed by atoms with van der Waals surface area (Å²) in [5, 5.41) is 3.00. The summed E-state index contributed by atoms with van der Waals surface area (Å²) >= 11 is 0. The van der Waals surface area contributed by atoms with Gasteiger partial charge in [-0.25, -0.2) is 9.59 Å². The Kier molecular flexibility index (Phi) is 6.57. The molecular formula is C29H22N2O7. The van der Waals surface area contributed by atoms with Gasteiger partial charge in [0.05, 0.1) is 11.1 Å². The van der Waals surface area contributed by atoms with Gasteiger partial charge in [-0.1, -0.05) is 42.5 Å². The molecule has 0 spiro atoms. The smallest absolute Gasteiger partial charge is 0.349 e. The van der Waals surface area contributed by atoms with Crippen LogP contribution in [0.25, 0.3) is 11.0 Å². The molecule has 3 amide bonds. The maximum Gasteiger partial charge on any atom is 0.349 e. The molecule has 0 fully saturated rings. The van der Waals surface area contributed by atoms with Crippen molar-refractivity contribution in [1.82, 2.24) is 10.2 Å². The van der Waals surface area contributed by atoms with Crippen LogP contribution in [0.3, 0.4) is 0 Å². The predicted molar refractivity (Wildman–Crippen MR) is 137 cm³/mol. The molecule has 1 N–H and O–H groups in total. The van der Waals surface area contributed by atoms with E-state index in [1.54, 1.807) is 55.5 Å². The van der Waals surface area contributed by atoms with Crippen LogP contribution in [0.5, 0.6) is 5.75 Å². The molecule has 4 aromatic rings. The van der Waals surface area contributed by atoms with Crippen molar-refractivity contribution in [1.29, 1.82) is 0 Å². The molecule has 1 aliphatic rings. The first-order valence-corrected chi connectivity index (χ1v) is 12.0. The number of fused-ring (bicyclic) bond motifs is 2. The number of esters is 1. The van der Waals surface area contributed by atoms with Gasteiger partial charge in [0.2, 0.25) is 0 Å². The predicted octanol–water partition coefficient (Wildman–Crippen LogP) is 3.36. The summed E-state index contributed by atoms with van der Waals surface area (Å²) in [6.07, 6.45) is 0.0453. The minimum Gasteiger partial charge on any atom is -0.425 e. The lowest BCUT2D eigenvalue weighted by molar-refractivity contribution is -0.138. The van der Waals surface area contributed by atoms with Crippen molar-refractivity contribution in [3.63, 3.8) is 0 Å². The van der Waals surface area contributed by atoms with E-state index >= 15 is 0 Å². The largest absolute Gasteiger partial charge is 0.425 e. The first-order chi connectivity index (χ1) is 18.4. The highest BCUT2D eigenvalue weighted by Crippen LogP contribution is 2.28. The molecule has 3 aromatic carbocycles. The molecule has 9 heteroatoms. The monoisotopic (exact) mass is 510 g/mol. The van der Waals surface area contributed by atoms with Crippen LogP contribution < -0.4 is 15.7 Å². The molecule has 0 saturated carbocycles. The highest BCUT2D eigenvalue weighted by molar-refractivity contribution is 6.22. The number of hydrogen-bond donors (Lipinski definition) is 1. The standard InChI is InChI=1S/C29H22N2O7/c1-2-30-25(32)22-15-18-12-13-19(16-24(18)38-28(22)35)37-29(36)23(14-17-8-4-3-5-9-17)31-26(33)20-10-6-7-11-21(20)27(31)34/h3-13,15-16,23H,2,14H2,1H3,(H,30,32). The van der Waals surface area contributed by atoms with E-state index in [0.717, 1.165) is 10.5 Å². The van der Waals surface area contributed by atoms with Crippen molar-refractivity contribution in [3.05, 3.63) is 112 Å².